The molecule has 2 rings (SSSR count). The molecule has 2 aromatic rings. The molecule has 1 aromatic carbocycles. The molecule has 0 radical (unpaired) electrons. The summed E-state index contributed by atoms with van der Waals surface area (Å²) in [6.07, 6.45) is 2.41. The third-order valence-corrected chi connectivity index (χ3v) is 3.84. The number of hydrogen-bond acceptors (Lipinski definition) is 2. The first-order chi connectivity index (χ1) is 9.47. The summed E-state index contributed by atoms with van der Waals surface area (Å²) in [6.45, 7) is 3.90. The number of aromatic nitrogens is 2. The van der Waals surface area contributed by atoms with Crippen LogP contribution in [0.4, 0.5) is 0 Å². The molecular weight excluding hydrogens is 318 g/mol. The van der Waals surface area contributed by atoms with E-state index in [0.717, 1.165) is 16.6 Å². The van der Waals surface area contributed by atoms with Crippen LogP contribution >= 0.6 is 15.9 Å². The number of rotatable bonds is 4. The molecule has 0 saturated carbocycles. The molecule has 1 aromatic heterocycles. The maximum Gasteiger partial charge on any atom is 0.254 e. The minimum Gasteiger partial charge on any atom is -0.349 e. The Morgan fingerprint density at radius 1 is 1.40 bits per heavy atom. The first kappa shape index (κ1) is 14.8. The van der Waals surface area contributed by atoms with Gasteiger partial charge in [-0.1, -0.05) is 28.1 Å². The van der Waals surface area contributed by atoms with Crippen LogP contribution in [0.25, 0.3) is 0 Å². The Hall–Kier alpha value is -1.62. The van der Waals surface area contributed by atoms with Crippen molar-refractivity contribution in [2.45, 2.75) is 26.3 Å². The van der Waals surface area contributed by atoms with Gasteiger partial charge in [0.1, 0.15) is 0 Å². The maximum absolute atomic E-state index is 12.2. The zero-order valence-electron chi connectivity index (χ0n) is 11.9. The summed E-state index contributed by atoms with van der Waals surface area (Å²) in [7, 11) is 1.83. The van der Waals surface area contributed by atoms with Gasteiger partial charge in [-0.3, -0.25) is 9.48 Å². The van der Waals surface area contributed by atoms with Crippen LogP contribution in [0.1, 0.15) is 28.5 Å². The minimum atomic E-state index is -0.0692. The number of carbonyl (C=O) groups excluding carboxylic acids is 1. The molecule has 0 aliphatic heterocycles. The largest absolute Gasteiger partial charge is 0.349 e. The average Bonchev–Trinajstić information content (AvgIpc) is 2.73. The van der Waals surface area contributed by atoms with Crippen molar-refractivity contribution in [1.82, 2.24) is 15.1 Å². The third-order valence-electron chi connectivity index (χ3n) is 3.31. The second kappa shape index (κ2) is 6.22. The van der Waals surface area contributed by atoms with Gasteiger partial charge in [-0.15, -0.1) is 0 Å². The van der Waals surface area contributed by atoms with E-state index in [-0.39, 0.29) is 11.9 Å². The second-order valence-electron chi connectivity index (χ2n) is 4.97. The number of nitrogens with zero attached hydrogens (tertiary/aromatic N) is 2. The Morgan fingerprint density at radius 2 is 2.05 bits per heavy atom. The average molecular weight is 336 g/mol. The summed E-state index contributed by atoms with van der Waals surface area (Å²) in [5, 5.41) is 7.10. The fraction of sp³-hybridized carbons (Fsp3) is 0.333. The smallest absolute Gasteiger partial charge is 0.254 e. The first-order valence-corrected chi connectivity index (χ1v) is 7.30. The zero-order valence-corrected chi connectivity index (χ0v) is 13.4. The van der Waals surface area contributed by atoms with E-state index in [9.17, 15) is 4.79 Å². The number of hydrogen-bond donors (Lipinski definition) is 1. The van der Waals surface area contributed by atoms with Crippen molar-refractivity contribution in [2.75, 3.05) is 0 Å². The molecule has 106 valence electrons. The molecule has 1 atom stereocenters. The Morgan fingerprint density at radius 3 is 2.60 bits per heavy atom. The first-order valence-electron chi connectivity index (χ1n) is 6.51. The van der Waals surface area contributed by atoms with E-state index in [1.54, 1.807) is 10.9 Å². The summed E-state index contributed by atoms with van der Waals surface area (Å²) >= 11 is 3.41. The molecule has 0 fully saturated rings. The van der Waals surface area contributed by atoms with Crippen molar-refractivity contribution >= 4 is 21.8 Å². The summed E-state index contributed by atoms with van der Waals surface area (Å²) in [6, 6.07) is 8.21. The van der Waals surface area contributed by atoms with Crippen LogP contribution in [0.3, 0.4) is 0 Å². The van der Waals surface area contributed by atoms with Gasteiger partial charge in [0.05, 0.1) is 11.8 Å². The van der Waals surface area contributed by atoms with Crippen molar-refractivity contribution in [3.05, 3.63) is 51.8 Å². The van der Waals surface area contributed by atoms with Crippen LogP contribution in [0.5, 0.6) is 0 Å². The van der Waals surface area contributed by atoms with Gasteiger partial charge in [-0.05, 0) is 38.0 Å². The summed E-state index contributed by atoms with van der Waals surface area (Å²) in [5.74, 6) is -0.0692. The molecular formula is C15H18BrN3O. The number of amides is 1. The lowest BCUT2D eigenvalue weighted by Crippen LogP contribution is -2.34. The molecule has 0 spiro atoms. The van der Waals surface area contributed by atoms with E-state index in [4.69, 9.17) is 0 Å². The topological polar surface area (TPSA) is 46.9 Å². The highest BCUT2D eigenvalue weighted by Crippen LogP contribution is 2.12. The maximum atomic E-state index is 12.2. The highest BCUT2D eigenvalue weighted by atomic mass is 79.9. The van der Waals surface area contributed by atoms with Crippen LogP contribution in [0, 0.1) is 6.92 Å². The van der Waals surface area contributed by atoms with Crippen molar-refractivity contribution in [1.29, 1.82) is 0 Å². The molecule has 0 aliphatic rings. The summed E-state index contributed by atoms with van der Waals surface area (Å²) in [4.78, 5) is 12.2. The predicted molar refractivity (Wildman–Crippen MR) is 82.7 cm³/mol. The molecule has 20 heavy (non-hydrogen) atoms. The lowest BCUT2D eigenvalue weighted by molar-refractivity contribution is 0.0939. The SMILES string of the molecule is Cc1c(C(=O)N[C@H](C)Cc2ccc(Br)cc2)cnn1C. The number of halogens is 1. The second-order valence-corrected chi connectivity index (χ2v) is 5.89. The zero-order chi connectivity index (χ0) is 14.7. The molecule has 1 heterocycles. The van der Waals surface area contributed by atoms with Crippen LogP contribution in [-0.2, 0) is 13.5 Å². The summed E-state index contributed by atoms with van der Waals surface area (Å²) in [5.41, 5.74) is 2.71. The Bertz CT molecular complexity index is 604. The quantitative estimate of drug-likeness (QED) is 0.933. The van der Waals surface area contributed by atoms with Gasteiger partial charge in [0.2, 0.25) is 0 Å². The normalized spacial score (nSPS) is 12.2. The van der Waals surface area contributed by atoms with Crippen LogP contribution in [0.2, 0.25) is 0 Å². The Labute approximate surface area is 127 Å². The highest BCUT2D eigenvalue weighted by molar-refractivity contribution is 9.10. The minimum absolute atomic E-state index is 0.0692. The van der Waals surface area contributed by atoms with Crippen molar-refractivity contribution < 1.29 is 4.79 Å². The van der Waals surface area contributed by atoms with Gasteiger partial charge in [0, 0.05) is 23.3 Å². The highest BCUT2D eigenvalue weighted by Gasteiger charge is 2.15. The molecule has 5 heteroatoms. The van der Waals surface area contributed by atoms with E-state index in [1.165, 1.54) is 5.56 Å². The van der Waals surface area contributed by atoms with Crippen molar-refractivity contribution in [3.63, 3.8) is 0 Å². The number of benzene rings is 1. The molecule has 1 N–H and O–H groups in total. The van der Waals surface area contributed by atoms with Gasteiger partial charge in [-0.2, -0.15) is 5.10 Å². The van der Waals surface area contributed by atoms with E-state index in [0.29, 0.717) is 5.56 Å². The third kappa shape index (κ3) is 3.48. The van der Waals surface area contributed by atoms with Gasteiger partial charge >= 0.3 is 0 Å². The molecule has 0 unspecified atom stereocenters. The molecule has 0 saturated heterocycles. The standard InChI is InChI=1S/C15H18BrN3O/c1-10(8-12-4-6-13(16)7-5-12)18-15(20)14-9-17-19(3)11(14)2/h4-7,9-10H,8H2,1-3H3,(H,18,20)/t10-/m1/s1. The number of nitrogens with one attached hydrogen (secondary N) is 1. The molecule has 4 nitrogen and oxygen atoms in total. The van der Waals surface area contributed by atoms with Gasteiger partial charge in [0.25, 0.3) is 5.91 Å². The fourth-order valence-corrected chi connectivity index (χ4v) is 2.31. The Kier molecular flexibility index (Phi) is 4.60. The van der Waals surface area contributed by atoms with Crippen molar-refractivity contribution in [3.8, 4) is 0 Å². The van der Waals surface area contributed by atoms with E-state index in [1.807, 2.05) is 33.0 Å². The van der Waals surface area contributed by atoms with Crippen LogP contribution in [0.15, 0.2) is 34.9 Å². The monoisotopic (exact) mass is 335 g/mol. The lowest BCUT2D eigenvalue weighted by atomic mass is 10.1. The fourth-order valence-electron chi connectivity index (χ4n) is 2.05. The number of carbonyl (C=O) groups is 1. The van der Waals surface area contributed by atoms with E-state index < -0.39 is 0 Å². The van der Waals surface area contributed by atoms with E-state index in [2.05, 4.69) is 38.5 Å². The van der Waals surface area contributed by atoms with Gasteiger partial charge < -0.3 is 5.32 Å². The van der Waals surface area contributed by atoms with Gasteiger partial charge in [0.15, 0.2) is 0 Å². The lowest BCUT2D eigenvalue weighted by Gasteiger charge is -2.14. The molecule has 0 aliphatic carbocycles. The van der Waals surface area contributed by atoms with Crippen molar-refractivity contribution in [2.24, 2.45) is 7.05 Å². The Balaban J connectivity index is 1.97. The molecule has 0 bridgehead atoms. The number of aryl methyl sites for hydroxylation is 1. The molecule has 1 amide bonds. The summed E-state index contributed by atoms with van der Waals surface area (Å²) < 4.78 is 2.76. The van der Waals surface area contributed by atoms with Crippen LogP contribution in [-0.4, -0.2) is 21.7 Å². The van der Waals surface area contributed by atoms with E-state index >= 15 is 0 Å². The predicted octanol–water partition coefficient (Wildman–Crippen LogP) is 2.85. The van der Waals surface area contributed by atoms with Crippen LogP contribution < -0.4 is 5.32 Å². The van der Waals surface area contributed by atoms with Gasteiger partial charge in [-0.25, -0.2) is 0 Å².